The molecule has 2 heterocycles. The van der Waals surface area contributed by atoms with Crippen LogP contribution in [0.3, 0.4) is 0 Å². The molecular weight excluding hydrogens is 216 g/mol. The van der Waals surface area contributed by atoms with Gasteiger partial charge in [-0.2, -0.15) is 0 Å². The van der Waals surface area contributed by atoms with Crippen LogP contribution in [0.15, 0.2) is 4.52 Å². The van der Waals surface area contributed by atoms with Crippen LogP contribution in [0.4, 0.5) is 0 Å². The van der Waals surface area contributed by atoms with Crippen LogP contribution in [0.2, 0.25) is 0 Å². The van der Waals surface area contributed by atoms with Gasteiger partial charge in [0.1, 0.15) is 11.5 Å². The molecule has 1 aliphatic heterocycles. The van der Waals surface area contributed by atoms with Crippen molar-refractivity contribution in [3.05, 3.63) is 17.0 Å². The zero-order chi connectivity index (χ0) is 12.4. The Bertz CT molecular complexity index is 373. The molecule has 2 unspecified atom stereocenters. The van der Waals surface area contributed by atoms with Crippen molar-refractivity contribution in [2.45, 2.75) is 52.9 Å². The standard InChI is InChI=1S/C13H22N2O2/c1-8(2)6-14-7-11-13-10(4)16-9(3)5-12(13)17-15-11/h8-10,14H,5-7H2,1-4H3. The number of rotatable bonds is 4. The first kappa shape index (κ1) is 12.6. The second kappa shape index (κ2) is 5.19. The van der Waals surface area contributed by atoms with Gasteiger partial charge in [0, 0.05) is 18.5 Å². The van der Waals surface area contributed by atoms with Crippen molar-refractivity contribution in [3.8, 4) is 0 Å². The fourth-order valence-corrected chi connectivity index (χ4v) is 2.31. The molecule has 0 spiro atoms. The van der Waals surface area contributed by atoms with Crippen molar-refractivity contribution in [2.75, 3.05) is 6.54 Å². The largest absolute Gasteiger partial charge is 0.370 e. The summed E-state index contributed by atoms with van der Waals surface area (Å²) in [6, 6.07) is 0. The third kappa shape index (κ3) is 2.87. The van der Waals surface area contributed by atoms with E-state index in [0.29, 0.717) is 5.92 Å². The predicted octanol–water partition coefficient (Wildman–Crippen LogP) is 2.44. The third-order valence-corrected chi connectivity index (χ3v) is 3.04. The van der Waals surface area contributed by atoms with Gasteiger partial charge in [0.05, 0.1) is 12.2 Å². The molecule has 0 amide bonds. The normalized spacial score (nSPS) is 24.1. The molecule has 0 aliphatic carbocycles. The maximum atomic E-state index is 5.81. The second-order valence-electron chi connectivity index (χ2n) is 5.28. The molecule has 0 saturated carbocycles. The number of nitrogens with zero attached hydrogens (tertiary/aromatic N) is 1. The van der Waals surface area contributed by atoms with Gasteiger partial charge in [-0.25, -0.2) is 0 Å². The molecule has 0 aromatic carbocycles. The van der Waals surface area contributed by atoms with Crippen molar-refractivity contribution in [2.24, 2.45) is 5.92 Å². The summed E-state index contributed by atoms with van der Waals surface area (Å²) in [6.45, 7) is 10.3. The van der Waals surface area contributed by atoms with Crippen molar-refractivity contribution >= 4 is 0 Å². The van der Waals surface area contributed by atoms with Gasteiger partial charge in [-0.3, -0.25) is 0 Å². The van der Waals surface area contributed by atoms with Crippen LogP contribution in [0.25, 0.3) is 0 Å². The molecule has 1 aromatic heterocycles. The van der Waals surface area contributed by atoms with Crippen LogP contribution in [-0.2, 0) is 17.7 Å². The van der Waals surface area contributed by atoms with E-state index in [1.165, 1.54) is 0 Å². The molecule has 2 atom stereocenters. The maximum Gasteiger partial charge on any atom is 0.145 e. The van der Waals surface area contributed by atoms with Gasteiger partial charge in [-0.05, 0) is 26.3 Å². The first-order valence-electron chi connectivity index (χ1n) is 6.41. The van der Waals surface area contributed by atoms with Crippen molar-refractivity contribution < 1.29 is 9.26 Å². The van der Waals surface area contributed by atoms with Gasteiger partial charge in [-0.1, -0.05) is 19.0 Å². The summed E-state index contributed by atoms with van der Waals surface area (Å²) in [7, 11) is 0. The second-order valence-corrected chi connectivity index (χ2v) is 5.28. The Labute approximate surface area is 103 Å². The van der Waals surface area contributed by atoms with Gasteiger partial charge in [0.25, 0.3) is 0 Å². The Kier molecular flexibility index (Phi) is 3.84. The Hall–Kier alpha value is -0.870. The highest BCUT2D eigenvalue weighted by atomic mass is 16.5. The van der Waals surface area contributed by atoms with Crippen LogP contribution in [0, 0.1) is 5.92 Å². The zero-order valence-corrected chi connectivity index (χ0v) is 11.1. The average Bonchev–Trinajstić information content (AvgIpc) is 2.60. The fraction of sp³-hybridized carbons (Fsp3) is 0.769. The predicted molar refractivity (Wildman–Crippen MR) is 65.7 cm³/mol. The number of nitrogens with one attached hydrogen (secondary N) is 1. The van der Waals surface area contributed by atoms with E-state index in [2.05, 4.69) is 38.2 Å². The van der Waals surface area contributed by atoms with Crippen LogP contribution in [0.5, 0.6) is 0 Å². The highest BCUT2D eigenvalue weighted by Gasteiger charge is 2.29. The summed E-state index contributed by atoms with van der Waals surface area (Å²) in [5.74, 6) is 1.64. The van der Waals surface area contributed by atoms with Gasteiger partial charge in [0.15, 0.2) is 0 Å². The molecular formula is C13H22N2O2. The average molecular weight is 238 g/mol. The first-order chi connectivity index (χ1) is 8.08. The molecule has 96 valence electrons. The van der Waals surface area contributed by atoms with Crippen LogP contribution >= 0.6 is 0 Å². The minimum atomic E-state index is 0.0934. The lowest BCUT2D eigenvalue weighted by Crippen LogP contribution is -2.24. The highest BCUT2D eigenvalue weighted by Crippen LogP contribution is 2.32. The third-order valence-electron chi connectivity index (χ3n) is 3.04. The highest BCUT2D eigenvalue weighted by molar-refractivity contribution is 5.27. The Morgan fingerprint density at radius 2 is 2.18 bits per heavy atom. The molecule has 0 saturated heterocycles. The van der Waals surface area contributed by atoms with Gasteiger partial charge < -0.3 is 14.6 Å². The lowest BCUT2D eigenvalue weighted by atomic mass is 10.0. The number of hydrogen-bond acceptors (Lipinski definition) is 4. The number of ether oxygens (including phenoxy) is 1. The molecule has 0 bridgehead atoms. The summed E-state index contributed by atoms with van der Waals surface area (Å²) in [4.78, 5) is 0. The van der Waals surface area contributed by atoms with E-state index in [4.69, 9.17) is 9.26 Å². The minimum Gasteiger partial charge on any atom is -0.370 e. The lowest BCUT2D eigenvalue weighted by molar-refractivity contribution is -0.0102. The molecule has 17 heavy (non-hydrogen) atoms. The van der Waals surface area contributed by atoms with E-state index >= 15 is 0 Å². The number of hydrogen-bond donors (Lipinski definition) is 1. The molecule has 0 fully saturated rings. The molecule has 0 radical (unpaired) electrons. The molecule has 2 rings (SSSR count). The first-order valence-corrected chi connectivity index (χ1v) is 6.41. The smallest absolute Gasteiger partial charge is 0.145 e. The van der Waals surface area contributed by atoms with E-state index in [9.17, 15) is 0 Å². The number of aromatic nitrogens is 1. The number of fused-ring (bicyclic) bond motifs is 1. The van der Waals surface area contributed by atoms with E-state index in [1.807, 2.05) is 0 Å². The van der Waals surface area contributed by atoms with E-state index < -0.39 is 0 Å². The Morgan fingerprint density at radius 1 is 1.41 bits per heavy atom. The summed E-state index contributed by atoms with van der Waals surface area (Å²) in [5, 5.41) is 7.55. The molecule has 1 aromatic rings. The fourth-order valence-electron chi connectivity index (χ4n) is 2.31. The van der Waals surface area contributed by atoms with Crippen molar-refractivity contribution in [1.29, 1.82) is 0 Å². The Morgan fingerprint density at radius 3 is 2.88 bits per heavy atom. The quantitative estimate of drug-likeness (QED) is 0.875. The van der Waals surface area contributed by atoms with Gasteiger partial charge in [0.2, 0.25) is 0 Å². The monoisotopic (exact) mass is 238 g/mol. The summed E-state index contributed by atoms with van der Waals surface area (Å²) in [6.07, 6.45) is 1.15. The molecule has 4 heteroatoms. The topological polar surface area (TPSA) is 47.3 Å². The molecule has 4 nitrogen and oxygen atoms in total. The summed E-state index contributed by atoms with van der Waals surface area (Å²) in [5.41, 5.74) is 2.15. The van der Waals surface area contributed by atoms with Crippen molar-refractivity contribution in [1.82, 2.24) is 10.5 Å². The summed E-state index contributed by atoms with van der Waals surface area (Å²) < 4.78 is 11.2. The van der Waals surface area contributed by atoms with E-state index in [0.717, 1.165) is 36.5 Å². The van der Waals surface area contributed by atoms with Crippen LogP contribution in [-0.4, -0.2) is 17.8 Å². The van der Waals surface area contributed by atoms with Gasteiger partial charge >= 0.3 is 0 Å². The summed E-state index contributed by atoms with van der Waals surface area (Å²) >= 11 is 0. The van der Waals surface area contributed by atoms with Crippen LogP contribution < -0.4 is 5.32 Å². The Balaban J connectivity index is 2.05. The molecule has 1 N–H and O–H groups in total. The zero-order valence-electron chi connectivity index (χ0n) is 11.1. The van der Waals surface area contributed by atoms with E-state index in [1.54, 1.807) is 0 Å². The van der Waals surface area contributed by atoms with Crippen LogP contribution in [0.1, 0.15) is 50.8 Å². The van der Waals surface area contributed by atoms with E-state index in [-0.39, 0.29) is 12.2 Å². The van der Waals surface area contributed by atoms with Gasteiger partial charge in [-0.15, -0.1) is 0 Å². The minimum absolute atomic E-state index is 0.0934. The maximum absolute atomic E-state index is 5.81. The SMILES string of the molecule is CC(C)CNCc1noc2c1C(C)OC(C)C2. The van der Waals surface area contributed by atoms with Crippen molar-refractivity contribution in [3.63, 3.8) is 0 Å². The lowest BCUT2D eigenvalue weighted by Gasteiger charge is -2.24. The molecule has 1 aliphatic rings.